The van der Waals surface area contributed by atoms with Crippen molar-refractivity contribution in [2.24, 2.45) is 5.73 Å². The minimum absolute atomic E-state index is 0.526. The van der Waals surface area contributed by atoms with Crippen LogP contribution < -0.4 is 5.73 Å². The highest BCUT2D eigenvalue weighted by atomic mass is 16.2. The summed E-state index contributed by atoms with van der Waals surface area (Å²) in [6.07, 6.45) is 2.54. The van der Waals surface area contributed by atoms with Gasteiger partial charge >= 0.3 is 6.03 Å². The maximum Gasteiger partial charge on any atom is 0.339 e. The predicted octanol–water partition coefficient (Wildman–Crippen LogP) is 0.681. The first kappa shape index (κ1) is 7.78. The van der Waals surface area contributed by atoms with Gasteiger partial charge in [-0.05, 0) is 18.9 Å². The number of amides is 1. The molecule has 0 unspecified atom stereocenters. The summed E-state index contributed by atoms with van der Waals surface area (Å²) < 4.78 is 1.21. The second kappa shape index (κ2) is 2.74. The van der Waals surface area contributed by atoms with Crippen molar-refractivity contribution in [1.82, 2.24) is 9.78 Å². The molecule has 2 N–H and O–H groups in total. The Morgan fingerprint density at radius 1 is 1.82 bits per heavy atom. The molecule has 1 amide bonds. The molecule has 0 aliphatic rings. The molecule has 0 aliphatic heterocycles. The lowest BCUT2D eigenvalue weighted by Crippen LogP contribution is -2.21. The number of aromatic nitrogens is 2. The summed E-state index contributed by atoms with van der Waals surface area (Å²) in [6.45, 7) is 3.84. The molecule has 0 saturated carbocycles. The van der Waals surface area contributed by atoms with E-state index in [4.69, 9.17) is 5.73 Å². The molecule has 0 fully saturated rings. The van der Waals surface area contributed by atoms with Crippen molar-refractivity contribution in [2.45, 2.75) is 20.3 Å². The van der Waals surface area contributed by atoms with E-state index in [1.807, 2.05) is 13.8 Å². The summed E-state index contributed by atoms with van der Waals surface area (Å²) in [5.74, 6) is 0. The van der Waals surface area contributed by atoms with E-state index in [1.54, 1.807) is 6.20 Å². The molecule has 11 heavy (non-hydrogen) atoms. The number of hydrogen-bond acceptors (Lipinski definition) is 2. The number of aryl methyl sites for hydroxylation is 1. The molecule has 0 radical (unpaired) electrons. The molecule has 4 nitrogen and oxygen atoms in total. The zero-order valence-corrected chi connectivity index (χ0v) is 6.66. The van der Waals surface area contributed by atoms with Crippen molar-refractivity contribution in [3.8, 4) is 0 Å². The van der Waals surface area contributed by atoms with Crippen molar-refractivity contribution in [3.05, 3.63) is 17.5 Å². The molecule has 0 bridgehead atoms. The Bertz CT molecular complexity index is 277. The van der Waals surface area contributed by atoms with E-state index in [9.17, 15) is 4.79 Å². The fourth-order valence-corrected chi connectivity index (χ4v) is 1.01. The molecule has 60 valence electrons. The Kier molecular flexibility index (Phi) is 1.94. The summed E-state index contributed by atoms with van der Waals surface area (Å²) in [7, 11) is 0. The van der Waals surface area contributed by atoms with Gasteiger partial charge in [-0.2, -0.15) is 9.78 Å². The number of nitrogens with zero attached hydrogens (tertiary/aromatic N) is 2. The highest BCUT2D eigenvalue weighted by Gasteiger charge is 2.07. The predicted molar refractivity (Wildman–Crippen MR) is 41.3 cm³/mol. The fourth-order valence-electron chi connectivity index (χ4n) is 1.01. The van der Waals surface area contributed by atoms with E-state index in [2.05, 4.69) is 5.10 Å². The quantitative estimate of drug-likeness (QED) is 0.645. The van der Waals surface area contributed by atoms with E-state index >= 15 is 0 Å². The smallest absolute Gasteiger partial charge is 0.339 e. The highest BCUT2D eigenvalue weighted by Crippen LogP contribution is 2.05. The average molecular weight is 153 g/mol. The number of primary amides is 1. The SMILES string of the molecule is CCc1cnn(C(N)=O)c1C. The number of nitrogens with two attached hydrogens (primary N) is 1. The lowest BCUT2D eigenvalue weighted by atomic mass is 10.2. The summed E-state index contributed by atoms with van der Waals surface area (Å²) in [4.78, 5) is 10.7. The summed E-state index contributed by atoms with van der Waals surface area (Å²) in [6, 6.07) is -0.526. The second-order valence-corrected chi connectivity index (χ2v) is 2.36. The van der Waals surface area contributed by atoms with Crippen molar-refractivity contribution in [1.29, 1.82) is 0 Å². The third kappa shape index (κ3) is 1.24. The van der Waals surface area contributed by atoms with E-state index < -0.39 is 6.03 Å². The van der Waals surface area contributed by atoms with Crippen LogP contribution in [0.4, 0.5) is 4.79 Å². The highest BCUT2D eigenvalue weighted by molar-refractivity contribution is 5.74. The van der Waals surface area contributed by atoms with Gasteiger partial charge in [0.15, 0.2) is 0 Å². The van der Waals surface area contributed by atoms with Gasteiger partial charge in [0.1, 0.15) is 0 Å². The maximum absolute atomic E-state index is 10.7. The third-order valence-corrected chi connectivity index (χ3v) is 1.70. The van der Waals surface area contributed by atoms with Crippen LogP contribution in [0.2, 0.25) is 0 Å². The van der Waals surface area contributed by atoms with Crippen LogP contribution in [0.5, 0.6) is 0 Å². The fraction of sp³-hybridized carbons (Fsp3) is 0.429. The first-order valence-corrected chi connectivity index (χ1v) is 3.50. The van der Waals surface area contributed by atoms with Crippen molar-refractivity contribution >= 4 is 6.03 Å². The summed E-state index contributed by atoms with van der Waals surface area (Å²) in [5.41, 5.74) is 6.94. The van der Waals surface area contributed by atoms with Gasteiger partial charge in [0.2, 0.25) is 0 Å². The van der Waals surface area contributed by atoms with Crippen LogP contribution in [0.15, 0.2) is 6.20 Å². The molecule has 0 aliphatic carbocycles. The zero-order valence-electron chi connectivity index (χ0n) is 6.66. The van der Waals surface area contributed by atoms with E-state index in [0.717, 1.165) is 17.7 Å². The molecule has 0 atom stereocenters. The Balaban J connectivity index is 3.10. The molecular formula is C7H11N3O. The zero-order chi connectivity index (χ0) is 8.43. The average Bonchev–Trinajstić information content (AvgIpc) is 2.30. The van der Waals surface area contributed by atoms with Crippen molar-refractivity contribution in [3.63, 3.8) is 0 Å². The van der Waals surface area contributed by atoms with Crippen LogP contribution in [0.1, 0.15) is 18.2 Å². The lowest BCUT2D eigenvalue weighted by molar-refractivity contribution is 0.247. The molecule has 0 saturated heterocycles. The number of hydrogen-bond donors (Lipinski definition) is 1. The topological polar surface area (TPSA) is 60.9 Å². The van der Waals surface area contributed by atoms with Crippen LogP contribution in [0.3, 0.4) is 0 Å². The van der Waals surface area contributed by atoms with Crippen LogP contribution in [-0.4, -0.2) is 15.8 Å². The molecule has 1 rings (SSSR count). The van der Waals surface area contributed by atoms with E-state index in [0.29, 0.717) is 0 Å². The van der Waals surface area contributed by atoms with E-state index in [1.165, 1.54) is 4.68 Å². The van der Waals surface area contributed by atoms with Gasteiger partial charge in [0.25, 0.3) is 0 Å². The Hall–Kier alpha value is -1.32. The number of carbonyl (C=O) groups excluding carboxylic acids is 1. The minimum Gasteiger partial charge on any atom is -0.350 e. The Morgan fingerprint density at radius 2 is 2.45 bits per heavy atom. The van der Waals surface area contributed by atoms with Gasteiger partial charge in [-0.3, -0.25) is 0 Å². The Morgan fingerprint density at radius 3 is 2.73 bits per heavy atom. The van der Waals surface area contributed by atoms with Gasteiger partial charge in [-0.15, -0.1) is 0 Å². The van der Waals surface area contributed by atoms with Crippen molar-refractivity contribution < 1.29 is 4.79 Å². The first-order valence-electron chi connectivity index (χ1n) is 3.50. The molecule has 4 heteroatoms. The molecular weight excluding hydrogens is 142 g/mol. The molecule has 0 spiro atoms. The lowest BCUT2D eigenvalue weighted by Gasteiger charge is -1.97. The Labute approximate surface area is 65.0 Å². The largest absolute Gasteiger partial charge is 0.350 e. The second-order valence-electron chi connectivity index (χ2n) is 2.36. The number of carbonyl (C=O) groups is 1. The van der Waals surface area contributed by atoms with Crippen LogP contribution in [0.25, 0.3) is 0 Å². The van der Waals surface area contributed by atoms with Crippen LogP contribution in [-0.2, 0) is 6.42 Å². The minimum atomic E-state index is -0.526. The first-order chi connectivity index (χ1) is 5.16. The van der Waals surface area contributed by atoms with Gasteiger partial charge in [-0.25, -0.2) is 4.79 Å². The molecule has 1 heterocycles. The van der Waals surface area contributed by atoms with Gasteiger partial charge in [0.05, 0.1) is 6.20 Å². The standard InChI is InChI=1S/C7H11N3O/c1-3-6-4-9-10(5(6)2)7(8)11/h4H,3H2,1-2H3,(H2,8,11). The summed E-state index contributed by atoms with van der Waals surface area (Å²) in [5, 5.41) is 3.83. The number of rotatable bonds is 1. The molecule has 0 aromatic carbocycles. The van der Waals surface area contributed by atoms with Crippen LogP contribution >= 0.6 is 0 Å². The third-order valence-electron chi connectivity index (χ3n) is 1.70. The molecule has 1 aromatic rings. The van der Waals surface area contributed by atoms with Gasteiger partial charge in [-0.1, -0.05) is 6.92 Å². The maximum atomic E-state index is 10.7. The summed E-state index contributed by atoms with van der Waals surface area (Å²) >= 11 is 0. The monoisotopic (exact) mass is 153 g/mol. The van der Waals surface area contributed by atoms with Crippen molar-refractivity contribution in [2.75, 3.05) is 0 Å². The van der Waals surface area contributed by atoms with E-state index in [-0.39, 0.29) is 0 Å². The molecule has 1 aromatic heterocycles. The van der Waals surface area contributed by atoms with Gasteiger partial charge < -0.3 is 5.73 Å². The normalized spacial score (nSPS) is 10.0. The van der Waals surface area contributed by atoms with Crippen LogP contribution in [0, 0.1) is 6.92 Å². The van der Waals surface area contributed by atoms with Gasteiger partial charge in [0, 0.05) is 5.69 Å².